The average molecular weight is 445 g/mol. The van der Waals surface area contributed by atoms with Crippen molar-refractivity contribution in [2.45, 2.75) is 6.92 Å². The molecule has 4 rings (SSSR count). The number of hydrogen-bond acceptors (Lipinski definition) is 6. The van der Waals surface area contributed by atoms with E-state index >= 15 is 0 Å². The molecule has 1 amide bonds. The number of anilines is 1. The topological polar surface area (TPSA) is 57.7 Å². The number of rotatable bonds is 6. The Hall–Kier alpha value is -2.35. The Morgan fingerprint density at radius 2 is 2.03 bits per heavy atom. The highest BCUT2D eigenvalue weighted by Crippen LogP contribution is 2.33. The van der Waals surface area contributed by atoms with Crippen LogP contribution in [0, 0.1) is 6.92 Å². The Labute approximate surface area is 185 Å². The Morgan fingerprint density at radius 1 is 1.23 bits per heavy atom. The third kappa shape index (κ3) is 4.53. The number of carbonyl (C=O) groups is 1. The zero-order chi connectivity index (χ0) is 21.1. The van der Waals surface area contributed by atoms with Crippen LogP contribution in [0.2, 0.25) is 5.02 Å². The van der Waals surface area contributed by atoms with Gasteiger partial charge in [0.15, 0.2) is 5.13 Å². The number of thiazole rings is 1. The van der Waals surface area contributed by atoms with Crippen LogP contribution in [-0.2, 0) is 0 Å². The van der Waals surface area contributed by atoms with E-state index < -0.39 is 0 Å². The zero-order valence-electron chi connectivity index (χ0n) is 17.2. The maximum atomic E-state index is 12.3. The number of nitrogens with zero attached hydrogens (tertiary/aromatic N) is 3. The van der Waals surface area contributed by atoms with E-state index in [1.54, 1.807) is 30.6 Å². The van der Waals surface area contributed by atoms with Crippen LogP contribution in [-0.4, -0.2) is 62.2 Å². The number of piperazine rings is 1. The number of ether oxygens (including phenoxy) is 1. The highest BCUT2D eigenvalue weighted by molar-refractivity contribution is 7.22. The van der Waals surface area contributed by atoms with E-state index in [2.05, 4.69) is 15.1 Å². The number of benzene rings is 2. The van der Waals surface area contributed by atoms with Gasteiger partial charge in [-0.15, -0.1) is 0 Å². The van der Waals surface area contributed by atoms with E-state index in [-0.39, 0.29) is 5.91 Å². The lowest BCUT2D eigenvalue weighted by Gasteiger charge is -2.34. The fraction of sp³-hybridized carbons (Fsp3) is 0.364. The molecular formula is C22H25ClN4O2S. The van der Waals surface area contributed by atoms with Gasteiger partial charge in [0, 0.05) is 49.9 Å². The van der Waals surface area contributed by atoms with Crippen molar-refractivity contribution in [2.75, 3.05) is 51.3 Å². The second kappa shape index (κ2) is 9.20. The summed E-state index contributed by atoms with van der Waals surface area (Å²) in [4.78, 5) is 21.9. The molecule has 1 aliphatic rings. The predicted molar refractivity (Wildman–Crippen MR) is 123 cm³/mol. The number of fused-ring (bicyclic) bond motifs is 1. The molecule has 2 aromatic carbocycles. The minimum Gasteiger partial charge on any atom is -0.497 e. The maximum absolute atomic E-state index is 12.3. The molecule has 2 heterocycles. The molecule has 0 unspecified atom stereocenters. The van der Waals surface area contributed by atoms with Gasteiger partial charge < -0.3 is 15.0 Å². The minimum absolute atomic E-state index is 0.0731. The van der Waals surface area contributed by atoms with Crippen LogP contribution >= 0.6 is 22.9 Å². The van der Waals surface area contributed by atoms with Crippen LogP contribution in [0.5, 0.6) is 5.75 Å². The summed E-state index contributed by atoms with van der Waals surface area (Å²) in [5, 5.41) is 4.82. The SMILES string of the molecule is COc1cccc(C(=O)NCCN2CCN(c3nc4c(C)c(Cl)ccc4s3)CC2)c1. The van der Waals surface area contributed by atoms with Crippen LogP contribution in [0.3, 0.4) is 0 Å². The second-order valence-corrected chi connectivity index (χ2v) is 8.75. The molecule has 0 radical (unpaired) electrons. The number of aromatic nitrogens is 1. The first kappa shape index (κ1) is 20.9. The number of nitrogens with one attached hydrogen (secondary N) is 1. The Kier molecular flexibility index (Phi) is 6.41. The maximum Gasteiger partial charge on any atom is 0.251 e. The number of hydrogen-bond donors (Lipinski definition) is 1. The summed E-state index contributed by atoms with van der Waals surface area (Å²) in [6, 6.07) is 11.2. The lowest BCUT2D eigenvalue weighted by molar-refractivity contribution is 0.0947. The van der Waals surface area contributed by atoms with Gasteiger partial charge in [0.25, 0.3) is 5.91 Å². The van der Waals surface area contributed by atoms with E-state index in [4.69, 9.17) is 21.3 Å². The van der Waals surface area contributed by atoms with Crippen LogP contribution < -0.4 is 15.0 Å². The molecule has 0 aliphatic carbocycles. The summed E-state index contributed by atoms with van der Waals surface area (Å²) in [5.74, 6) is 0.613. The van der Waals surface area contributed by atoms with Crippen molar-refractivity contribution < 1.29 is 9.53 Å². The number of amides is 1. The monoisotopic (exact) mass is 444 g/mol. The molecule has 1 saturated heterocycles. The van der Waals surface area contributed by atoms with Gasteiger partial charge in [-0.1, -0.05) is 29.0 Å². The van der Waals surface area contributed by atoms with Gasteiger partial charge in [0.05, 0.1) is 17.3 Å². The highest BCUT2D eigenvalue weighted by atomic mass is 35.5. The van der Waals surface area contributed by atoms with Crippen molar-refractivity contribution in [1.29, 1.82) is 0 Å². The lowest BCUT2D eigenvalue weighted by Crippen LogP contribution is -2.48. The molecule has 6 nitrogen and oxygen atoms in total. The molecular weight excluding hydrogens is 420 g/mol. The van der Waals surface area contributed by atoms with Gasteiger partial charge in [-0.3, -0.25) is 9.69 Å². The van der Waals surface area contributed by atoms with E-state index in [0.717, 1.165) is 54.0 Å². The van der Waals surface area contributed by atoms with Crippen molar-refractivity contribution >= 4 is 44.2 Å². The van der Waals surface area contributed by atoms with Crippen molar-refractivity contribution in [1.82, 2.24) is 15.2 Å². The molecule has 0 atom stereocenters. The summed E-state index contributed by atoms with van der Waals surface area (Å²) in [5.41, 5.74) is 2.66. The third-order valence-electron chi connectivity index (χ3n) is 5.42. The van der Waals surface area contributed by atoms with E-state index in [0.29, 0.717) is 17.9 Å². The molecule has 3 aromatic rings. The molecule has 1 fully saturated rings. The van der Waals surface area contributed by atoms with Crippen LogP contribution in [0.25, 0.3) is 10.2 Å². The largest absolute Gasteiger partial charge is 0.497 e. The highest BCUT2D eigenvalue weighted by Gasteiger charge is 2.20. The minimum atomic E-state index is -0.0731. The van der Waals surface area contributed by atoms with E-state index in [1.165, 1.54) is 4.70 Å². The molecule has 1 N–H and O–H groups in total. The number of aryl methyl sites for hydroxylation is 1. The second-order valence-electron chi connectivity index (χ2n) is 7.33. The molecule has 1 aliphatic heterocycles. The average Bonchev–Trinajstić information content (AvgIpc) is 3.22. The van der Waals surface area contributed by atoms with E-state index in [9.17, 15) is 4.79 Å². The van der Waals surface area contributed by atoms with Crippen molar-refractivity contribution in [2.24, 2.45) is 0 Å². The van der Waals surface area contributed by atoms with Gasteiger partial charge in [0.2, 0.25) is 0 Å². The summed E-state index contributed by atoms with van der Waals surface area (Å²) in [6.07, 6.45) is 0. The van der Waals surface area contributed by atoms with E-state index in [1.807, 2.05) is 31.2 Å². The number of methoxy groups -OCH3 is 1. The predicted octanol–water partition coefficient (Wildman–Crippen LogP) is 3.82. The van der Waals surface area contributed by atoms with Crippen LogP contribution in [0.15, 0.2) is 36.4 Å². The molecule has 158 valence electrons. The number of carbonyl (C=O) groups excluding carboxylic acids is 1. The molecule has 0 saturated carbocycles. The quantitative estimate of drug-likeness (QED) is 0.626. The fourth-order valence-corrected chi connectivity index (χ4v) is 4.81. The molecule has 8 heteroatoms. The van der Waals surface area contributed by atoms with Crippen molar-refractivity contribution in [3.63, 3.8) is 0 Å². The van der Waals surface area contributed by atoms with Gasteiger partial charge in [-0.25, -0.2) is 4.98 Å². The van der Waals surface area contributed by atoms with Crippen molar-refractivity contribution in [3.8, 4) is 5.75 Å². The van der Waals surface area contributed by atoms with Crippen LogP contribution in [0.4, 0.5) is 5.13 Å². The first-order valence-corrected chi connectivity index (χ1v) is 11.2. The molecule has 0 bridgehead atoms. The molecule has 0 spiro atoms. The zero-order valence-corrected chi connectivity index (χ0v) is 18.7. The standard InChI is InChI=1S/C22H25ClN4O2S/c1-15-18(23)6-7-19-20(15)25-22(30-19)27-12-10-26(11-13-27)9-8-24-21(28)16-4-3-5-17(14-16)29-2/h3-7,14H,8-13H2,1-2H3,(H,24,28). The summed E-state index contributed by atoms with van der Waals surface area (Å²) < 4.78 is 6.35. The Bertz CT molecular complexity index is 1050. The first-order chi connectivity index (χ1) is 14.5. The summed E-state index contributed by atoms with van der Waals surface area (Å²) in [6.45, 7) is 7.22. The number of halogens is 1. The summed E-state index contributed by atoms with van der Waals surface area (Å²) in [7, 11) is 1.60. The molecule has 1 aromatic heterocycles. The first-order valence-electron chi connectivity index (χ1n) is 10.0. The van der Waals surface area contributed by atoms with Gasteiger partial charge in [-0.05, 0) is 42.8 Å². The normalized spacial score (nSPS) is 14.8. The third-order valence-corrected chi connectivity index (χ3v) is 6.92. The summed E-state index contributed by atoms with van der Waals surface area (Å²) >= 11 is 7.96. The fourth-order valence-electron chi connectivity index (χ4n) is 3.58. The van der Waals surface area contributed by atoms with Crippen molar-refractivity contribution in [3.05, 3.63) is 52.5 Å². The molecule has 30 heavy (non-hydrogen) atoms. The van der Waals surface area contributed by atoms with Gasteiger partial charge in [-0.2, -0.15) is 0 Å². The smallest absolute Gasteiger partial charge is 0.251 e. The Balaban J connectivity index is 1.27. The van der Waals surface area contributed by atoms with Gasteiger partial charge in [0.1, 0.15) is 5.75 Å². The van der Waals surface area contributed by atoms with Crippen LogP contribution in [0.1, 0.15) is 15.9 Å². The van der Waals surface area contributed by atoms with Gasteiger partial charge >= 0.3 is 0 Å². The lowest BCUT2D eigenvalue weighted by atomic mass is 10.2. The Morgan fingerprint density at radius 3 is 2.80 bits per heavy atom.